The molecule has 0 radical (unpaired) electrons. The molecular formula is C24H36N2O3. The van der Waals surface area contributed by atoms with Crippen molar-refractivity contribution in [2.75, 3.05) is 19.7 Å². The summed E-state index contributed by atoms with van der Waals surface area (Å²) in [5.74, 6) is 0.438. The average molecular weight is 401 g/mol. The van der Waals surface area contributed by atoms with E-state index in [0.29, 0.717) is 19.1 Å². The van der Waals surface area contributed by atoms with Gasteiger partial charge < -0.3 is 15.0 Å². The number of benzene rings is 1. The van der Waals surface area contributed by atoms with Crippen LogP contribution >= 0.6 is 0 Å². The minimum Gasteiger partial charge on any atom is -0.466 e. The molecule has 1 atom stereocenters. The molecule has 1 saturated carbocycles. The van der Waals surface area contributed by atoms with E-state index in [1.54, 1.807) is 0 Å². The van der Waals surface area contributed by atoms with Crippen LogP contribution < -0.4 is 5.32 Å². The van der Waals surface area contributed by atoms with Gasteiger partial charge in [0, 0.05) is 13.1 Å². The maximum atomic E-state index is 13.1. The summed E-state index contributed by atoms with van der Waals surface area (Å²) >= 11 is 0. The van der Waals surface area contributed by atoms with Crippen molar-refractivity contribution in [3.05, 3.63) is 35.4 Å². The highest BCUT2D eigenvalue weighted by Gasteiger charge is 2.30. The van der Waals surface area contributed by atoms with Crippen LogP contribution in [0.25, 0.3) is 0 Å². The fourth-order valence-electron chi connectivity index (χ4n) is 4.77. The maximum Gasteiger partial charge on any atom is 0.317 e. The van der Waals surface area contributed by atoms with Gasteiger partial charge in [0.2, 0.25) is 0 Å². The molecule has 5 nitrogen and oxygen atoms in total. The first kappa shape index (κ1) is 21.7. The number of carbonyl (C=O) groups excluding carboxylic acids is 2. The van der Waals surface area contributed by atoms with Crippen molar-refractivity contribution in [2.24, 2.45) is 11.8 Å². The first-order valence-corrected chi connectivity index (χ1v) is 11.4. The topological polar surface area (TPSA) is 58.6 Å². The quantitative estimate of drug-likeness (QED) is 0.708. The van der Waals surface area contributed by atoms with E-state index in [0.717, 1.165) is 45.1 Å². The van der Waals surface area contributed by atoms with Crippen LogP contribution in [0.3, 0.4) is 0 Å². The van der Waals surface area contributed by atoms with Gasteiger partial charge in [-0.3, -0.25) is 4.79 Å². The summed E-state index contributed by atoms with van der Waals surface area (Å²) < 4.78 is 5.15. The fraction of sp³-hybridized carbons (Fsp3) is 0.667. The number of esters is 1. The zero-order valence-corrected chi connectivity index (χ0v) is 18.0. The molecule has 2 fully saturated rings. The standard InChI is InChI=1S/C24H36N2O3/c1-3-29-23(27)20-13-11-19(12-14-20)17-25-24(28)26-15-6-4-5-10-22(26)21-9-7-8-18(2)16-21/h7-9,16,19-20,22H,3-6,10-15,17H2,1-2H3,(H,25,28). The molecule has 1 saturated heterocycles. The zero-order valence-electron chi connectivity index (χ0n) is 18.0. The van der Waals surface area contributed by atoms with Gasteiger partial charge in [0.1, 0.15) is 0 Å². The van der Waals surface area contributed by atoms with Crippen molar-refractivity contribution in [3.8, 4) is 0 Å². The highest BCUT2D eigenvalue weighted by molar-refractivity contribution is 5.75. The maximum absolute atomic E-state index is 13.1. The number of ether oxygens (including phenoxy) is 1. The van der Waals surface area contributed by atoms with Crippen LogP contribution in [0.2, 0.25) is 0 Å². The summed E-state index contributed by atoms with van der Waals surface area (Å²) in [7, 11) is 0. The lowest BCUT2D eigenvalue weighted by molar-refractivity contribution is -0.149. The SMILES string of the molecule is CCOC(=O)C1CCC(CNC(=O)N2CCCCCC2c2cccc(C)c2)CC1. The number of nitrogens with one attached hydrogen (secondary N) is 1. The molecule has 0 spiro atoms. The smallest absolute Gasteiger partial charge is 0.317 e. The molecule has 1 aromatic carbocycles. The summed E-state index contributed by atoms with van der Waals surface area (Å²) in [4.78, 5) is 27.0. The van der Waals surface area contributed by atoms with E-state index in [2.05, 4.69) is 36.5 Å². The Bertz CT molecular complexity index is 682. The Balaban J connectivity index is 1.54. The Morgan fingerprint density at radius 2 is 1.90 bits per heavy atom. The molecule has 29 heavy (non-hydrogen) atoms. The average Bonchev–Trinajstić information content (AvgIpc) is 2.99. The minimum atomic E-state index is -0.0550. The van der Waals surface area contributed by atoms with Crippen molar-refractivity contribution >= 4 is 12.0 Å². The molecule has 1 aliphatic carbocycles. The van der Waals surface area contributed by atoms with E-state index >= 15 is 0 Å². The van der Waals surface area contributed by atoms with Gasteiger partial charge in [-0.2, -0.15) is 0 Å². The third-order valence-electron chi connectivity index (χ3n) is 6.45. The van der Waals surface area contributed by atoms with Gasteiger partial charge in [-0.1, -0.05) is 42.7 Å². The first-order valence-electron chi connectivity index (χ1n) is 11.4. The molecule has 1 aliphatic heterocycles. The van der Waals surface area contributed by atoms with Gasteiger partial charge >= 0.3 is 12.0 Å². The van der Waals surface area contributed by atoms with Crippen molar-refractivity contribution in [2.45, 2.75) is 71.3 Å². The second kappa shape index (κ2) is 10.7. The number of carbonyl (C=O) groups is 2. The molecule has 1 N–H and O–H groups in total. The second-order valence-corrected chi connectivity index (χ2v) is 8.63. The molecule has 160 valence electrons. The molecule has 0 aromatic heterocycles. The van der Waals surface area contributed by atoms with Crippen LogP contribution in [0.15, 0.2) is 24.3 Å². The normalized spacial score (nSPS) is 25.2. The summed E-state index contributed by atoms with van der Waals surface area (Å²) in [6.07, 6.45) is 8.15. The predicted molar refractivity (Wildman–Crippen MR) is 115 cm³/mol. The fourth-order valence-corrected chi connectivity index (χ4v) is 4.77. The lowest BCUT2D eigenvalue weighted by Crippen LogP contribution is -2.44. The van der Waals surface area contributed by atoms with E-state index in [1.165, 1.54) is 24.0 Å². The zero-order chi connectivity index (χ0) is 20.6. The summed E-state index contributed by atoms with van der Waals surface area (Å²) in [6, 6.07) is 8.79. The van der Waals surface area contributed by atoms with E-state index in [4.69, 9.17) is 4.74 Å². The molecule has 2 amide bonds. The second-order valence-electron chi connectivity index (χ2n) is 8.63. The Labute approximate surface area is 175 Å². The third-order valence-corrected chi connectivity index (χ3v) is 6.45. The molecular weight excluding hydrogens is 364 g/mol. The Morgan fingerprint density at radius 1 is 1.10 bits per heavy atom. The van der Waals surface area contributed by atoms with E-state index in [-0.39, 0.29) is 24.0 Å². The predicted octanol–water partition coefficient (Wildman–Crippen LogP) is 4.99. The van der Waals surface area contributed by atoms with Crippen LogP contribution in [-0.2, 0) is 9.53 Å². The number of urea groups is 1. The molecule has 1 aromatic rings. The summed E-state index contributed by atoms with van der Waals surface area (Å²) in [6.45, 7) is 5.93. The van der Waals surface area contributed by atoms with Gasteiger partial charge in [0.15, 0.2) is 0 Å². The number of nitrogens with zero attached hydrogens (tertiary/aromatic N) is 1. The number of amides is 2. The van der Waals surface area contributed by atoms with Crippen molar-refractivity contribution in [3.63, 3.8) is 0 Å². The largest absolute Gasteiger partial charge is 0.466 e. The molecule has 2 aliphatic rings. The first-order chi connectivity index (χ1) is 14.1. The lowest BCUT2D eigenvalue weighted by atomic mass is 9.82. The van der Waals surface area contributed by atoms with Crippen molar-refractivity contribution in [1.82, 2.24) is 10.2 Å². The van der Waals surface area contributed by atoms with E-state index < -0.39 is 0 Å². The number of hydrogen-bond acceptors (Lipinski definition) is 3. The molecule has 5 heteroatoms. The molecule has 1 heterocycles. The molecule has 3 rings (SSSR count). The third kappa shape index (κ3) is 5.97. The van der Waals surface area contributed by atoms with Crippen molar-refractivity contribution < 1.29 is 14.3 Å². The molecule has 0 bridgehead atoms. The van der Waals surface area contributed by atoms with Crippen LogP contribution in [0.1, 0.15) is 75.5 Å². The highest BCUT2D eigenvalue weighted by atomic mass is 16.5. The molecule has 1 unspecified atom stereocenters. The van der Waals surface area contributed by atoms with Gasteiger partial charge in [0.05, 0.1) is 18.6 Å². The van der Waals surface area contributed by atoms with Crippen LogP contribution in [0.4, 0.5) is 4.79 Å². The minimum absolute atomic E-state index is 0.0400. The van der Waals surface area contributed by atoms with Gasteiger partial charge in [-0.15, -0.1) is 0 Å². The lowest BCUT2D eigenvalue weighted by Gasteiger charge is -2.32. The Morgan fingerprint density at radius 3 is 2.62 bits per heavy atom. The highest BCUT2D eigenvalue weighted by Crippen LogP contribution is 2.32. The number of hydrogen-bond donors (Lipinski definition) is 1. The number of rotatable bonds is 5. The monoisotopic (exact) mass is 400 g/mol. The number of aryl methyl sites for hydroxylation is 1. The van der Waals surface area contributed by atoms with E-state index in [9.17, 15) is 9.59 Å². The number of likely N-dealkylation sites (tertiary alicyclic amines) is 1. The van der Waals surface area contributed by atoms with Gasteiger partial charge in [0.25, 0.3) is 0 Å². The van der Waals surface area contributed by atoms with E-state index in [1.807, 2.05) is 11.8 Å². The van der Waals surface area contributed by atoms with Crippen LogP contribution in [0.5, 0.6) is 0 Å². The van der Waals surface area contributed by atoms with Gasteiger partial charge in [-0.05, 0) is 63.9 Å². The van der Waals surface area contributed by atoms with Crippen molar-refractivity contribution in [1.29, 1.82) is 0 Å². The summed E-state index contributed by atoms with van der Waals surface area (Å²) in [5.41, 5.74) is 2.49. The van der Waals surface area contributed by atoms with Crippen LogP contribution in [-0.4, -0.2) is 36.6 Å². The Kier molecular flexibility index (Phi) is 7.96. The summed E-state index contributed by atoms with van der Waals surface area (Å²) in [5, 5.41) is 3.20. The van der Waals surface area contributed by atoms with Crippen LogP contribution in [0, 0.1) is 18.8 Å². The van der Waals surface area contributed by atoms with Gasteiger partial charge in [-0.25, -0.2) is 4.79 Å². The Hall–Kier alpha value is -2.04.